The average Bonchev–Trinajstić information content (AvgIpc) is 2.67. The Morgan fingerprint density at radius 1 is 1.22 bits per heavy atom. The number of rotatable bonds is 5. The van der Waals surface area contributed by atoms with Crippen molar-refractivity contribution < 1.29 is 9.53 Å². The van der Waals surface area contributed by atoms with Gasteiger partial charge in [0.2, 0.25) is 0 Å². The van der Waals surface area contributed by atoms with Gasteiger partial charge in [0.05, 0.1) is 5.56 Å². The highest BCUT2D eigenvalue weighted by Crippen LogP contribution is 2.25. The summed E-state index contributed by atoms with van der Waals surface area (Å²) in [6.45, 7) is 5.31. The maximum absolute atomic E-state index is 12.9. The number of carbonyl (C=O) groups is 1. The van der Waals surface area contributed by atoms with E-state index in [4.69, 9.17) is 4.74 Å². The molecule has 1 saturated heterocycles. The van der Waals surface area contributed by atoms with Crippen molar-refractivity contribution >= 4 is 17.7 Å². The lowest BCUT2D eigenvalue weighted by atomic mass is 10.1. The van der Waals surface area contributed by atoms with Crippen LogP contribution in [0, 0.1) is 6.92 Å². The summed E-state index contributed by atoms with van der Waals surface area (Å²) in [4.78, 5) is 27.8. The Hall–Kier alpha value is -2.21. The first kappa shape index (κ1) is 19.5. The Labute approximate surface area is 164 Å². The normalized spacial score (nSPS) is 15.0. The SMILES string of the molecule is CCSc1ccccc1C(=O)N1CCC(Oc2cc(C)n(C)c(=O)c2)CC1. The van der Waals surface area contributed by atoms with Crippen LogP contribution in [-0.2, 0) is 7.05 Å². The molecule has 1 aromatic carbocycles. The van der Waals surface area contributed by atoms with Gasteiger partial charge < -0.3 is 14.2 Å². The molecule has 0 bridgehead atoms. The number of benzene rings is 1. The number of carbonyl (C=O) groups excluding carboxylic acids is 1. The molecule has 144 valence electrons. The average molecular weight is 387 g/mol. The summed E-state index contributed by atoms with van der Waals surface area (Å²) in [6, 6.07) is 11.2. The second kappa shape index (κ2) is 8.65. The summed E-state index contributed by atoms with van der Waals surface area (Å²) in [5.74, 6) is 1.65. The highest BCUT2D eigenvalue weighted by Gasteiger charge is 2.26. The van der Waals surface area contributed by atoms with Crippen LogP contribution < -0.4 is 10.3 Å². The fraction of sp³-hybridized carbons (Fsp3) is 0.429. The fourth-order valence-corrected chi connectivity index (χ4v) is 4.07. The first-order valence-electron chi connectivity index (χ1n) is 9.35. The van der Waals surface area contributed by atoms with Crippen LogP contribution in [0.4, 0.5) is 0 Å². The van der Waals surface area contributed by atoms with Gasteiger partial charge in [-0.05, 0) is 30.9 Å². The number of pyridine rings is 1. The van der Waals surface area contributed by atoms with Crippen LogP contribution in [0.1, 0.15) is 35.8 Å². The van der Waals surface area contributed by atoms with E-state index in [1.807, 2.05) is 42.2 Å². The molecule has 1 aliphatic heterocycles. The van der Waals surface area contributed by atoms with E-state index < -0.39 is 0 Å². The van der Waals surface area contributed by atoms with Crippen molar-refractivity contribution in [3.63, 3.8) is 0 Å². The van der Waals surface area contributed by atoms with Gasteiger partial charge in [0.25, 0.3) is 11.5 Å². The van der Waals surface area contributed by atoms with E-state index >= 15 is 0 Å². The number of amides is 1. The number of nitrogens with zero attached hydrogens (tertiary/aromatic N) is 2. The quantitative estimate of drug-likeness (QED) is 0.738. The van der Waals surface area contributed by atoms with Gasteiger partial charge in [-0.1, -0.05) is 19.1 Å². The van der Waals surface area contributed by atoms with E-state index in [2.05, 4.69) is 6.92 Å². The summed E-state index contributed by atoms with van der Waals surface area (Å²) in [5, 5.41) is 0. The number of aryl methyl sites for hydroxylation is 1. The Kier molecular flexibility index (Phi) is 6.26. The molecule has 2 heterocycles. The van der Waals surface area contributed by atoms with E-state index in [1.54, 1.807) is 23.4 Å². The smallest absolute Gasteiger partial charge is 0.254 e. The monoisotopic (exact) mass is 386 g/mol. The van der Waals surface area contributed by atoms with Crippen molar-refractivity contribution in [3.8, 4) is 5.75 Å². The Morgan fingerprint density at radius 3 is 2.59 bits per heavy atom. The highest BCUT2D eigenvalue weighted by molar-refractivity contribution is 7.99. The van der Waals surface area contributed by atoms with Crippen LogP contribution in [0.2, 0.25) is 0 Å². The number of hydrogen-bond donors (Lipinski definition) is 0. The first-order valence-corrected chi connectivity index (χ1v) is 10.3. The molecular weight excluding hydrogens is 360 g/mol. The van der Waals surface area contributed by atoms with E-state index in [0.29, 0.717) is 18.8 Å². The summed E-state index contributed by atoms with van der Waals surface area (Å²) in [5.41, 5.74) is 1.59. The minimum atomic E-state index is -0.0670. The van der Waals surface area contributed by atoms with E-state index in [-0.39, 0.29) is 17.6 Å². The van der Waals surface area contributed by atoms with Gasteiger partial charge in [0.1, 0.15) is 11.9 Å². The third kappa shape index (κ3) is 4.56. The highest BCUT2D eigenvalue weighted by atomic mass is 32.2. The van der Waals surface area contributed by atoms with Crippen LogP contribution in [-0.4, -0.2) is 40.3 Å². The number of hydrogen-bond acceptors (Lipinski definition) is 4. The number of piperidine rings is 1. The van der Waals surface area contributed by atoms with Crippen LogP contribution in [0.3, 0.4) is 0 Å². The Balaban J connectivity index is 1.62. The molecule has 5 nitrogen and oxygen atoms in total. The zero-order valence-corrected chi connectivity index (χ0v) is 16.9. The maximum Gasteiger partial charge on any atom is 0.254 e. The topological polar surface area (TPSA) is 51.5 Å². The van der Waals surface area contributed by atoms with Crippen molar-refractivity contribution in [1.29, 1.82) is 0 Å². The summed E-state index contributed by atoms with van der Waals surface area (Å²) in [6.07, 6.45) is 1.56. The molecule has 0 radical (unpaired) electrons. The lowest BCUT2D eigenvalue weighted by Crippen LogP contribution is -2.42. The molecule has 1 aromatic heterocycles. The van der Waals surface area contributed by atoms with Gasteiger partial charge in [-0.15, -0.1) is 11.8 Å². The molecule has 6 heteroatoms. The van der Waals surface area contributed by atoms with Gasteiger partial charge in [-0.3, -0.25) is 9.59 Å². The number of aromatic nitrogens is 1. The minimum Gasteiger partial charge on any atom is -0.490 e. The van der Waals surface area contributed by atoms with Gasteiger partial charge in [0.15, 0.2) is 0 Å². The van der Waals surface area contributed by atoms with Crippen LogP contribution in [0.5, 0.6) is 5.75 Å². The van der Waals surface area contributed by atoms with Crippen molar-refractivity contribution in [3.05, 3.63) is 58.0 Å². The molecule has 1 amide bonds. The fourth-order valence-electron chi connectivity index (χ4n) is 3.27. The van der Waals surface area contributed by atoms with Crippen molar-refractivity contribution in [2.75, 3.05) is 18.8 Å². The number of ether oxygens (including phenoxy) is 1. The largest absolute Gasteiger partial charge is 0.490 e. The molecular formula is C21H26N2O3S. The van der Waals surface area contributed by atoms with Crippen molar-refractivity contribution in [1.82, 2.24) is 9.47 Å². The maximum atomic E-state index is 12.9. The number of thioether (sulfide) groups is 1. The Bertz CT molecular complexity index is 870. The third-order valence-corrected chi connectivity index (χ3v) is 5.88. The summed E-state index contributed by atoms with van der Waals surface area (Å²) in [7, 11) is 1.75. The summed E-state index contributed by atoms with van der Waals surface area (Å²) < 4.78 is 7.61. The molecule has 0 atom stereocenters. The molecule has 3 rings (SSSR count). The van der Waals surface area contributed by atoms with Gasteiger partial charge in [-0.25, -0.2) is 0 Å². The van der Waals surface area contributed by atoms with Gasteiger partial charge in [-0.2, -0.15) is 0 Å². The zero-order chi connectivity index (χ0) is 19.4. The zero-order valence-electron chi connectivity index (χ0n) is 16.1. The second-order valence-corrected chi connectivity index (χ2v) is 8.07. The van der Waals surface area contributed by atoms with Gasteiger partial charge >= 0.3 is 0 Å². The van der Waals surface area contributed by atoms with Crippen LogP contribution in [0.15, 0.2) is 46.1 Å². The van der Waals surface area contributed by atoms with Crippen LogP contribution >= 0.6 is 11.8 Å². The molecule has 1 aliphatic rings. The van der Waals surface area contributed by atoms with Crippen LogP contribution in [0.25, 0.3) is 0 Å². The molecule has 0 N–H and O–H groups in total. The third-order valence-electron chi connectivity index (χ3n) is 4.93. The van der Waals surface area contributed by atoms with E-state index in [0.717, 1.165) is 34.7 Å². The first-order chi connectivity index (χ1) is 13.0. The predicted octanol–water partition coefficient (Wildman–Crippen LogP) is 3.49. The van der Waals surface area contributed by atoms with Crippen molar-refractivity contribution in [2.45, 2.75) is 37.7 Å². The standard InChI is InChI=1S/C21H26N2O3S/c1-4-27-19-8-6-5-7-18(19)21(25)23-11-9-16(10-12-23)26-17-13-15(2)22(3)20(24)14-17/h5-8,13-14,16H,4,9-12H2,1-3H3. The Morgan fingerprint density at radius 2 is 1.93 bits per heavy atom. The molecule has 2 aromatic rings. The van der Waals surface area contributed by atoms with E-state index in [1.165, 1.54) is 6.07 Å². The molecule has 0 spiro atoms. The molecule has 0 saturated carbocycles. The second-order valence-electron chi connectivity index (χ2n) is 6.77. The molecule has 27 heavy (non-hydrogen) atoms. The van der Waals surface area contributed by atoms with Gasteiger partial charge in [0, 0.05) is 49.6 Å². The molecule has 1 fully saturated rings. The predicted molar refractivity (Wildman–Crippen MR) is 109 cm³/mol. The van der Waals surface area contributed by atoms with Crippen molar-refractivity contribution in [2.24, 2.45) is 7.05 Å². The molecule has 0 unspecified atom stereocenters. The summed E-state index contributed by atoms with van der Waals surface area (Å²) >= 11 is 1.70. The molecule has 0 aliphatic carbocycles. The lowest BCUT2D eigenvalue weighted by molar-refractivity contribution is 0.0592. The van der Waals surface area contributed by atoms with E-state index in [9.17, 15) is 9.59 Å². The number of likely N-dealkylation sites (tertiary alicyclic amines) is 1. The minimum absolute atomic E-state index is 0.0285. The lowest BCUT2D eigenvalue weighted by Gasteiger charge is -2.32.